The number of hydrogen-bond donors (Lipinski definition) is 2. The van der Waals surface area contributed by atoms with E-state index in [1.165, 1.54) is 0 Å². The Morgan fingerprint density at radius 1 is 1.46 bits per heavy atom. The number of imidazole rings is 1. The molecule has 0 fully saturated rings. The molecule has 0 saturated carbocycles. The predicted octanol–water partition coefficient (Wildman–Crippen LogP) is -0.0867. The van der Waals surface area contributed by atoms with Crippen LogP contribution in [0.4, 0.5) is 0 Å². The van der Waals surface area contributed by atoms with Gasteiger partial charge in [-0.05, 0) is 12.1 Å². The first kappa shape index (κ1) is 7.60. The van der Waals surface area contributed by atoms with Gasteiger partial charge in [0.15, 0.2) is 0 Å². The van der Waals surface area contributed by atoms with Gasteiger partial charge < -0.3 is 16.0 Å². The lowest BCUT2D eigenvalue weighted by Crippen LogP contribution is -2.15. The molecule has 0 amide bonds. The molecule has 0 saturated heterocycles. The Balaban J connectivity index is 2.60. The van der Waals surface area contributed by atoms with Gasteiger partial charge in [-0.3, -0.25) is 0 Å². The molecule has 0 aliphatic carbocycles. The summed E-state index contributed by atoms with van der Waals surface area (Å²) in [5, 5.41) is 3.41. The molecule has 0 atom stereocenters. The van der Waals surface area contributed by atoms with Crippen molar-refractivity contribution in [2.45, 2.75) is 0 Å². The summed E-state index contributed by atoms with van der Waals surface area (Å²) in [5.74, 6) is 5.37. The highest BCUT2D eigenvalue weighted by molar-refractivity contribution is 5.97. The fourth-order valence-electron chi connectivity index (χ4n) is 1.14. The zero-order valence-electron chi connectivity index (χ0n) is 6.88. The van der Waals surface area contributed by atoms with Crippen LogP contribution in [0.5, 0.6) is 0 Å². The van der Waals surface area contributed by atoms with Gasteiger partial charge >= 0.3 is 0 Å². The molecule has 0 aliphatic rings. The third-order valence-corrected chi connectivity index (χ3v) is 1.83. The molecule has 2 rings (SSSR count). The normalized spacial score (nSPS) is 12.2. The SMILES string of the molecule is NN=C(N)c1ccn2ccnc2c1. The highest BCUT2D eigenvalue weighted by Gasteiger charge is 1.99. The second-order valence-corrected chi connectivity index (χ2v) is 2.62. The molecule has 0 spiro atoms. The first-order valence-corrected chi connectivity index (χ1v) is 3.77. The zero-order chi connectivity index (χ0) is 9.26. The molecule has 0 radical (unpaired) electrons. The maximum absolute atomic E-state index is 5.54. The standard InChI is InChI=1S/C8H9N5/c9-8(12-10)6-1-3-13-4-2-11-7(13)5-6/h1-5H,10H2,(H2,9,12). The maximum Gasteiger partial charge on any atom is 0.150 e. The molecule has 0 bridgehead atoms. The van der Waals surface area contributed by atoms with Crippen LogP contribution < -0.4 is 11.6 Å². The summed E-state index contributed by atoms with van der Waals surface area (Å²) in [6.45, 7) is 0. The van der Waals surface area contributed by atoms with Crippen molar-refractivity contribution in [3.63, 3.8) is 0 Å². The van der Waals surface area contributed by atoms with Crippen LogP contribution in [0, 0.1) is 0 Å². The maximum atomic E-state index is 5.54. The largest absolute Gasteiger partial charge is 0.382 e. The second-order valence-electron chi connectivity index (χ2n) is 2.62. The number of fused-ring (bicyclic) bond motifs is 1. The van der Waals surface area contributed by atoms with Crippen LogP contribution in [-0.2, 0) is 0 Å². The average Bonchev–Trinajstić information content (AvgIpc) is 2.63. The lowest BCUT2D eigenvalue weighted by Gasteiger charge is -1.99. The van der Waals surface area contributed by atoms with Crippen LogP contribution in [0.1, 0.15) is 5.56 Å². The van der Waals surface area contributed by atoms with Gasteiger partial charge in [-0.1, -0.05) is 0 Å². The van der Waals surface area contributed by atoms with Crippen molar-refractivity contribution in [2.24, 2.45) is 16.7 Å². The number of nitrogens with two attached hydrogens (primary N) is 2. The number of hydrazone groups is 1. The van der Waals surface area contributed by atoms with E-state index in [9.17, 15) is 0 Å². The minimum absolute atomic E-state index is 0.311. The van der Waals surface area contributed by atoms with Crippen molar-refractivity contribution < 1.29 is 0 Å². The Kier molecular flexibility index (Phi) is 1.63. The van der Waals surface area contributed by atoms with Crippen molar-refractivity contribution in [1.82, 2.24) is 9.38 Å². The Bertz CT molecular complexity index is 456. The molecule has 66 valence electrons. The molecule has 2 aromatic rings. The summed E-state index contributed by atoms with van der Waals surface area (Å²) < 4.78 is 1.88. The number of pyridine rings is 1. The summed E-state index contributed by atoms with van der Waals surface area (Å²) in [7, 11) is 0. The van der Waals surface area contributed by atoms with Gasteiger partial charge in [0, 0.05) is 24.2 Å². The van der Waals surface area contributed by atoms with Crippen LogP contribution in [0.25, 0.3) is 5.65 Å². The quantitative estimate of drug-likeness (QED) is 0.275. The van der Waals surface area contributed by atoms with E-state index in [4.69, 9.17) is 11.6 Å². The molecule has 2 aromatic heterocycles. The molecule has 0 unspecified atom stereocenters. The van der Waals surface area contributed by atoms with Crippen LogP contribution in [-0.4, -0.2) is 15.2 Å². The van der Waals surface area contributed by atoms with Crippen LogP contribution in [0.15, 0.2) is 35.8 Å². The molecular formula is C8H9N5. The van der Waals surface area contributed by atoms with E-state index >= 15 is 0 Å². The minimum atomic E-state index is 0.311. The lowest BCUT2D eigenvalue weighted by molar-refractivity contribution is 1.17. The van der Waals surface area contributed by atoms with E-state index in [0.29, 0.717) is 5.84 Å². The number of amidine groups is 1. The zero-order valence-corrected chi connectivity index (χ0v) is 6.88. The Morgan fingerprint density at radius 2 is 2.31 bits per heavy atom. The smallest absolute Gasteiger partial charge is 0.150 e. The first-order chi connectivity index (χ1) is 6.31. The third kappa shape index (κ3) is 1.20. The van der Waals surface area contributed by atoms with Crippen molar-refractivity contribution in [1.29, 1.82) is 0 Å². The average molecular weight is 175 g/mol. The van der Waals surface area contributed by atoms with Crippen molar-refractivity contribution in [2.75, 3.05) is 0 Å². The van der Waals surface area contributed by atoms with E-state index in [0.717, 1.165) is 11.2 Å². The Hall–Kier alpha value is -2.04. The van der Waals surface area contributed by atoms with Gasteiger partial charge in [0.25, 0.3) is 0 Å². The lowest BCUT2D eigenvalue weighted by atomic mass is 10.2. The van der Waals surface area contributed by atoms with E-state index in [1.54, 1.807) is 6.20 Å². The second kappa shape index (κ2) is 2.78. The molecule has 5 heteroatoms. The molecule has 4 N–H and O–H groups in total. The van der Waals surface area contributed by atoms with Gasteiger partial charge in [-0.15, -0.1) is 0 Å². The van der Waals surface area contributed by atoms with E-state index in [1.807, 2.05) is 28.9 Å². The van der Waals surface area contributed by atoms with Crippen LogP contribution >= 0.6 is 0 Å². The number of aromatic nitrogens is 2. The molecule has 2 heterocycles. The fraction of sp³-hybridized carbons (Fsp3) is 0. The van der Waals surface area contributed by atoms with E-state index < -0.39 is 0 Å². The topological polar surface area (TPSA) is 81.7 Å². The molecular weight excluding hydrogens is 166 g/mol. The summed E-state index contributed by atoms with van der Waals surface area (Å²) in [6, 6.07) is 3.66. The van der Waals surface area contributed by atoms with E-state index in [2.05, 4.69) is 10.1 Å². The van der Waals surface area contributed by atoms with Crippen molar-refractivity contribution in [3.8, 4) is 0 Å². The summed E-state index contributed by atoms with van der Waals surface area (Å²) in [4.78, 5) is 4.11. The predicted molar refractivity (Wildman–Crippen MR) is 50.1 cm³/mol. The van der Waals surface area contributed by atoms with Crippen molar-refractivity contribution in [3.05, 3.63) is 36.3 Å². The van der Waals surface area contributed by atoms with Crippen LogP contribution in [0.2, 0.25) is 0 Å². The first-order valence-electron chi connectivity index (χ1n) is 3.77. The summed E-state index contributed by atoms with van der Waals surface area (Å²) in [5.41, 5.74) is 7.14. The summed E-state index contributed by atoms with van der Waals surface area (Å²) >= 11 is 0. The molecule has 5 nitrogen and oxygen atoms in total. The van der Waals surface area contributed by atoms with Gasteiger partial charge in [0.2, 0.25) is 0 Å². The Labute approximate surface area is 74.7 Å². The van der Waals surface area contributed by atoms with Crippen LogP contribution in [0.3, 0.4) is 0 Å². The molecule has 0 aromatic carbocycles. The van der Waals surface area contributed by atoms with Gasteiger partial charge in [0.1, 0.15) is 11.5 Å². The number of hydrogen-bond acceptors (Lipinski definition) is 3. The third-order valence-electron chi connectivity index (χ3n) is 1.83. The number of nitrogens with zero attached hydrogens (tertiary/aromatic N) is 3. The highest BCUT2D eigenvalue weighted by atomic mass is 15.2. The van der Waals surface area contributed by atoms with Gasteiger partial charge in [-0.2, -0.15) is 5.10 Å². The van der Waals surface area contributed by atoms with Gasteiger partial charge in [-0.25, -0.2) is 4.98 Å². The highest BCUT2D eigenvalue weighted by Crippen LogP contribution is 2.04. The van der Waals surface area contributed by atoms with Crippen molar-refractivity contribution >= 4 is 11.5 Å². The molecule has 0 aliphatic heterocycles. The number of rotatable bonds is 1. The Morgan fingerprint density at radius 3 is 3.08 bits per heavy atom. The molecule has 13 heavy (non-hydrogen) atoms. The van der Waals surface area contributed by atoms with Gasteiger partial charge in [0.05, 0.1) is 0 Å². The monoisotopic (exact) mass is 175 g/mol. The fourth-order valence-corrected chi connectivity index (χ4v) is 1.14. The minimum Gasteiger partial charge on any atom is -0.382 e. The summed E-state index contributed by atoms with van der Waals surface area (Å²) in [6.07, 6.45) is 5.43. The van der Waals surface area contributed by atoms with E-state index in [-0.39, 0.29) is 0 Å².